The minimum Gasteiger partial charge on any atom is -0.493 e. The number of hydrogen-bond donors (Lipinski definition) is 2. The van der Waals surface area contributed by atoms with Gasteiger partial charge in [-0.25, -0.2) is 12.8 Å². The monoisotopic (exact) mass is 562 g/mol. The number of rotatable bonds is 10. The standard InChI is InChI=1S/C29H27FN4O5S/c1-3-18-16-23-25(28(35)31-2)26(20-7-10-21(30)11-8-20)39-29(23)33-27(18)34-40(36,37)15-5-14-38-22-12-9-19-6-4-13-32-24(19)17-22/h4,6-13,16-17H,3,5,14-15H2,1-2H3,(H,31,35)(H,33,34). The molecule has 0 saturated carbocycles. The van der Waals surface area contributed by atoms with Gasteiger partial charge in [-0.1, -0.05) is 13.0 Å². The number of carbonyl (C=O) groups excluding carboxylic acids is 1. The van der Waals surface area contributed by atoms with E-state index < -0.39 is 21.7 Å². The molecule has 11 heteroatoms. The predicted octanol–water partition coefficient (Wildman–Crippen LogP) is 5.31. The molecule has 0 aliphatic heterocycles. The maximum absolute atomic E-state index is 13.5. The second-order valence-corrected chi connectivity index (χ2v) is 10.9. The van der Waals surface area contributed by atoms with Crippen molar-refractivity contribution in [3.8, 4) is 17.1 Å². The molecule has 0 radical (unpaired) electrons. The highest BCUT2D eigenvalue weighted by atomic mass is 32.2. The van der Waals surface area contributed by atoms with Crippen molar-refractivity contribution in [1.29, 1.82) is 0 Å². The van der Waals surface area contributed by atoms with Crippen molar-refractivity contribution >= 4 is 43.8 Å². The van der Waals surface area contributed by atoms with E-state index in [1.165, 1.54) is 31.3 Å². The third kappa shape index (κ3) is 5.74. The van der Waals surface area contributed by atoms with E-state index in [9.17, 15) is 17.6 Å². The van der Waals surface area contributed by atoms with Crippen molar-refractivity contribution in [3.05, 3.63) is 83.8 Å². The number of nitrogens with zero attached hydrogens (tertiary/aromatic N) is 2. The summed E-state index contributed by atoms with van der Waals surface area (Å²) in [4.78, 5) is 21.5. The first-order valence-electron chi connectivity index (χ1n) is 12.7. The molecule has 40 heavy (non-hydrogen) atoms. The highest BCUT2D eigenvalue weighted by molar-refractivity contribution is 7.92. The van der Waals surface area contributed by atoms with E-state index in [1.54, 1.807) is 12.3 Å². The molecule has 2 aromatic carbocycles. The molecule has 206 valence electrons. The summed E-state index contributed by atoms with van der Waals surface area (Å²) in [5, 5.41) is 4.01. The van der Waals surface area contributed by atoms with Gasteiger partial charge in [-0.3, -0.25) is 14.5 Å². The lowest BCUT2D eigenvalue weighted by Crippen LogP contribution is -2.20. The maximum atomic E-state index is 13.5. The molecule has 5 rings (SSSR count). The van der Waals surface area contributed by atoms with Crippen LogP contribution >= 0.6 is 0 Å². The summed E-state index contributed by atoms with van der Waals surface area (Å²) in [6.07, 6.45) is 2.39. The molecule has 2 N–H and O–H groups in total. The van der Waals surface area contributed by atoms with E-state index in [-0.39, 0.29) is 41.6 Å². The summed E-state index contributed by atoms with van der Waals surface area (Å²) in [5.41, 5.74) is 2.19. The number of carbonyl (C=O) groups is 1. The molecule has 0 unspecified atom stereocenters. The molecule has 1 amide bonds. The van der Waals surface area contributed by atoms with Crippen molar-refractivity contribution in [3.63, 3.8) is 0 Å². The number of amides is 1. The molecular weight excluding hydrogens is 535 g/mol. The molecule has 3 heterocycles. The molecule has 0 spiro atoms. The Hall–Kier alpha value is -4.51. The van der Waals surface area contributed by atoms with E-state index in [0.29, 0.717) is 28.7 Å². The summed E-state index contributed by atoms with van der Waals surface area (Å²) in [6.45, 7) is 2.05. The minimum absolute atomic E-state index is 0.0843. The van der Waals surface area contributed by atoms with Gasteiger partial charge in [-0.15, -0.1) is 0 Å². The SMILES string of the molecule is CCc1cc2c(C(=O)NC)c(-c3ccc(F)cc3)oc2nc1NS(=O)(=O)CCCOc1ccc2cccnc2c1. The average Bonchev–Trinajstić information content (AvgIpc) is 3.32. The Morgan fingerprint density at radius 3 is 2.65 bits per heavy atom. The van der Waals surface area contributed by atoms with E-state index >= 15 is 0 Å². The molecule has 9 nitrogen and oxygen atoms in total. The lowest BCUT2D eigenvalue weighted by atomic mass is 10.0. The van der Waals surface area contributed by atoms with Gasteiger partial charge >= 0.3 is 0 Å². The Balaban J connectivity index is 1.34. The summed E-state index contributed by atoms with van der Waals surface area (Å²) in [6, 6.07) is 16.6. The van der Waals surface area contributed by atoms with Crippen LogP contribution in [0.2, 0.25) is 0 Å². The van der Waals surface area contributed by atoms with Gasteiger partial charge in [-0.05, 0) is 66.9 Å². The second kappa shape index (κ2) is 11.3. The summed E-state index contributed by atoms with van der Waals surface area (Å²) in [5.74, 6) is -0.0750. The number of aromatic nitrogens is 2. The summed E-state index contributed by atoms with van der Waals surface area (Å²) >= 11 is 0. The highest BCUT2D eigenvalue weighted by Gasteiger charge is 2.25. The maximum Gasteiger partial charge on any atom is 0.255 e. The molecule has 0 saturated heterocycles. The van der Waals surface area contributed by atoms with Crippen molar-refractivity contribution < 1.29 is 26.8 Å². The lowest BCUT2D eigenvalue weighted by Gasteiger charge is -2.11. The summed E-state index contributed by atoms with van der Waals surface area (Å²) in [7, 11) is -2.28. The van der Waals surface area contributed by atoms with E-state index in [2.05, 4.69) is 20.0 Å². The van der Waals surface area contributed by atoms with Crippen molar-refractivity contribution in [2.45, 2.75) is 19.8 Å². The predicted molar refractivity (Wildman–Crippen MR) is 151 cm³/mol. The number of halogens is 1. The number of pyridine rings is 2. The van der Waals surface area contributed by atoms with Gasteiger partial charge in [0.25, 0.3) is 5.91 Å². The third-order valence-electron chi connectivity index (χ3n) is 6.36. The smallest absolute Gasteiger partial charge is 0.255 e. The van der Waals surface area contributed by atoms with Crippen LogP contribution in [0.3, 0.4) is 0 Å². The second-order valence-electron chi connectivity index (χ2n) is 9.08. The molecule has 0 atom stereocenters. The van der Waals surface area contributed by atoms with Crippen LogP contribution in [-0.2, 0) is 16.4 Å². The molecule has 3 aromatic heterocycles. The van der Waals surface area contributed by atoms with Gasteiger partial charge in [0.15, 0.2) is 0 Å². The topological polar surface area (TPSA) is 123 Å². The van der Waals surface area contributed by atoms with Crippen LogP contribution in [-0.4, -0.2) is 43.7 Å². The Bertz CT molecular complexity index is 1800. The minimum atomic E-state index is -3.77. The van der Waals surface area contributed by atoms with Gasteiger partial charge in [0, 0.05) is 30.3 Å². The zero-order chi connectivity index (χ0) is 28.3. The first-order valence-corrected chi connectivity index (χ1v) is 14.4. The number of nitrogens with one attached hydrogen (secondary N) is 2. The van der Waals surface area contributed by atoms with Crippen LogP contribution in [0.25, 0.3) is 33.3 Å². The van der Waals surface area contributed by atoms with Gasteiger partial charge in [0.05, 0.1) is 28.8 Å². The van der Waals surface area contributed by atoms with Gasteiger partial charge in [-0.2, -0.15) is 4.98 Å². The fourth-order valence-corrected chi connectivity index (χ4v) is 5.42. The number of anilines is 1. The number of ether oxygens (including phenoxy) is 1. The number of sulfonamides is 1. The molecular formula is C29H27FN4O5S. The normalized spacial score (nSPS) is 11.6. The molecule has 0 aliphatic carbocycles. The molecule has 5 aromatic rings. The van der Waals surface area contributed by atoms with Gasteiger partial charge in [0.2, 0.25) is 15.7 Å². The van der Waals surface area contributed by atoms with E-state index in [0.717, 1.165) is 10.9 Å². The van der Waals surface area contributed by atoms with Crippen LogP contribution in [0, 0.1) is 5.82 Å². The molecule has 0 aliphatic rings. The fraction of sp³-hybridized carbons (Fsp3) is 0.207. The van der Waals surface area contributed by atoms with Crippen LogP contribution < -0.4 is 14.8 Å². The lowest BCUT2D eigenvalue weighted by molar-refractivity contribution is 0.0964. The average molecular weight is 563 g/mol. The Morgan fingerprint density at radius 2 is 1.90 bits per heavy atom. The van der Waals surface area contributed by atoms with Crippen LogP contribution in [0.5, 0.6) is 5.75 Å². The molecule has 0 bridgehead atoms. The fourth-order valence-electron chi connectivity index (χ4n) is 4.35. The number of furan rings is 1. The quantitative estimate of drug-likeness (QED) is 0.221. The Morgan fingerprint density at radius 1 is 1.10 bits per heavy atom. The Kier molecular flexibility index (Phi) is 7.65. The van der Waals surface area contributed by atoms with E-state index in [4.69, 9.17) is 9.15 Å². The summed E-state index contributed by atoms with van der Waals surface area (Å²) < 4.78 is 53.6. The van der Waals surface area contributed by atoms with Crippen LogP contribution in [0.4, 0.5) is 10.2 Å². The molecule has 0 fully saturated rings. The third-order valence-corrected chi connectivity index (χ3v) is 7.69. The van der Waals surface area contributed by atoms with E-state index in [1.807, 2.05) is 37.3 Å². The van der Waals surface area contributed by atoms with Gasteiger partial charge < -0.3 is 14.5 Å². The van der Waals surface area contributed by atoms with Gasteiger partial charge in [0.1, 0.15) is 23.1 Å². The van der Waals surface area contributed by atoms with Crippen LogP contribution in [0.1, 0.15) is 29.3 Å². The first kappa shape index (κ1) is 27.1. The van der Waals surface area contributed by atoms with Crippen LogP contribution in [0.15, 0.2) is 71.3 Å². The van der Waals surface area contributed by atoms with Crippen molar-refractivity contribution in [1.82, 2.24) is 15.3 Å². The first-order chi connectivity index (χ1) is 19.3. The highest BCUT2D eigenvalue weighted by Crippen LogP contribution is 2.35. The zero-order valence-electron chi connectivity index (χ0n) is 21.9. The number of hydrogen-bond acceptors (Lipinski definition) is 7. The number of benzene rings is 2. The zero-order valence-corrected chi connectivity index (χ0v) is 22.7. The van der Waals surface area contributed by atoms with Crippen molar-refractivity contribution in [2.24, 2.45) is 0 Å². The number of aryl methyl sites for hydroxylation is 1. The number of fused-ring (bicyclic) bond motifs is 2. The largest absolute Gasteiger partial charge is 0.493 e. The Labute approximate surface area is 230 Å². The van der Waals surface area contributed by atoms with Crippen molar-refractivity contribution in [2.75, 3.05) is 24.1 Å².